The molecule has 4 aromatic rings. The molecule has 0 atom stereocenters. The molecule has 1 aromatic heterocycles. The minimum absolute atomic E-state index is 0.0149. The van der Waals surface area contributed by atoms with Gasteiger partial charge in [-0.1, -0.05) is 30.3 Å². The molecule has 0 fully saturated rings. The van der Waals surface area contributed by atoms with Crippen LogP contribution in [0.2, 0.25) is 0 Å². The maximum Gasteiger partial charge on any atom is 0.351 e. The Morgan fingerprint density at radius 1 is 0.903 bits per heavy atom. The molecule has 0 unspecified atom stereocenters. The molecule has 0 saturated carbocycles. The quantitative estimate of drug-likeness (QED) is 0.270. The molecule has 0 saturated heterocycles. The molecule has 0 bridgehead atoms. The summed E-state index contributed by atoms with van der Waals surface area (Å²) in [5, 5.41) is 1.82. The zero-order valence-electron chi connectivity index (χ0n) is 16.8. The highest BCUT2D eigenvalue weighted by molar-refractivity contribution is 6.04. The average molecular weight is 418 g/mol. The zero-order valence-corrected chi connectivity index (χ0v) is 16.8. The maximum absolute atomic E-state index is 12.9. The summed E-state index contributed by atoms with van der Waals surface area (Å²) in [6.45, 7) is 2.31. The van der Waals surface area contributed by atoms with Crippen molar-refractivity contribution in [2.24, 2.45) is 0 Å². The van der Waals surface area contributed by atoms with Crippen LogP contribution in [-0.2, 0) is 4.74 Å². The lowest BCUT2D eigenvalue weighted by molar-refractivity contribution is 0.0593. The van der Waals surface area contributed by atoms with Crippen LogP contribution in [0.5, 0.6) is 11.5 Å². The van der Waals surface area contributed by atoms with Gasteiger partial charge in [-0.05, 0) is 36.6 Å². The summed E-state index contributed by atoms with van der Waals surface area (Å²) in [5.41, 5.74) is -0.791. The Bertz CT molecular complexity index is 1370. The molecule has 0 radical (unpaired) electrons. The highest BCUT2D eigenvalue weighted by Crippen LogP contribution is 2.31. The topological polar surface area (TPSA) is 92.0 Å². The summed E-state index contributed by atoms with van der Waals surface area (Å²) in [6, 6.07) is 16.7. The van der Waals surface area contributed by atoms with E-state index in [1.54, 1.807) is 36.4 Å². The Hall–Kier alpha value is -4.13. The normalized spacial score (nSPS) is 10.8. The van der Waals surface area contributed by atoms with Crippen LogP contribution in [0.1, 0.15) is 27.6 Å². The summed E-state index contributed by atoms with van der Waals surface area (Å²) < 4.78 is 21.0. The molecule has 7 heteroatoms. The molecule has 156 valence electrons. The van der Waals surface area contributed by atoms with Gasteiger partial charge in [0, 0.05) is 16.8 Å². The Morgan fingerprint density at radius 3 is 2.45 bits per heavy atom. The van der Waals surface area contributed by atoms with E-state index in [4.69, 9.17) is 18.6 Å². The molecule has 0 N–H and O–H groups in total. The monoisotopic (exact) mass is 418 g/mol. The third kappa shape index (κ3) is 3.85. The van der Waals surface area contributed by atoms with E-state index in [-0.39, 0.29) is 22.5 Å². The van der Waals surface area contributed by atoms with Gasteiger partial charge >= 0.3 is 17.6 Å². The Morgan fingerprint density at radius 2 is 1.68 bits per heavy atom. The van der Waals surface area contributed by atoms with Crippen molar-refractivity contribution in [3.8, 4) is 11.5 Å². The van der Waals surface area contributed by atoms with Gasteiger partial charge in [-0.3, -0.25) is 0 Å². The summed E-state index contributed by atoms with van der Waals surface area (Å²) >= 11 is 0. The molecule has 4 rings (SSSR count). The van der Waals surface area contributed by atoms with Gasteiger partial charge in [-0.2, -0.15) is 0 Å². The van der Waals surface area contributed by atoms with Crippen LogP contribution >= 0.6 is 0 Å². The number of hydrogen-bond acceptors (Lipinski definition) is 7. The van der Waals surface area contributed by atoms with E-state index < -0.39 is 17.6 Å². The SMILES string of the molecule is CCOc1ccc2cc(C(=O)Oc3c(C(=O)OC)ccc4ccccc34)c(=O)oc2c1. The van der Waals surface area contributed by atoms with Gasteiger partial charge in [0.15, 0.2) is 5.75 Å². The fourth-order valence-electron chi connectivity index (χ4n) is 3.26. The standard InChI is InChI=1S/C24H18O7/c1-3-29-16-10-8-15-12-19(23(26)30-20(15)13-16)24(27)31-21-17-7-5-4-6-14(17)9-11-18(21)22(25)28-2/h4-13H,3H2,1-2H3. The predicted molar refractivity (Wildman–Crippen MR) is 114 cm³/mol. The van der Waals surface area contributed by atoms with E-state index in [2.05, 4.69) is 0 Å². The number of fused-ring (bicyclic) bond motifs is 2. The van der Waals surface area contributed by atoms with Gasteiger partial charge in [0.25, 0.3) is 0 Å². The van der Waals surface area contributed by atoms with Crippen molar-refractivity contribution < 1.29 is 28.2 Å². The van der Waals surface area contributed by atoms with Crippen LogP contribution in [0.25, 0.3) is 21.7 Å². The second-order valence-corrected chi connectivity index (χ2v) is 6.62. The average Bonchev–Trinajstić information content (AvgIpc) is 2.78. The van der Waals surface area contributed by atoms with Crippen molar-refractivity contribution in [1.82, 2.24) is 0 Å². The summed E-state index contributed by atoms with van der Waals surface area (Å²) in [6.07, 6.45) is 0. The van der Waals surface area contributed by atoms with Crippen molar-refractivity contribution in [3.05, 3.63) is 82.2 Å². The first-order valence-corrected chi connectivity index (χ1v) is 9.54. The minimum Gasteiger partial charge on any atom is -0.494 e. The highest BCUT2D eigenvalue weighted by Gasteiger charge is 2.22. The Labute approximate surface area is 176 Å². The number of carbonyl (C=O) groups excluding carboxylic acids is 2. The smallest absolute Gasteiger partial charge is 0.351 e. The molecule has 3 aromatic carbocycles. The Balaban J connectivity index is 1.78. The Kier molecular flexibility index (Phi) is 5.41. The molecular formula is C24H18O7. The second-order valence-electron chi connectivity index (χ2n) is 6.62. The van der Waals surface area contributed by atoms with Crippen LogP contribution in [0, 0.1) is 0 Å². The molecule has 0 amide bonds. The van der Waals surface area contributed by atoms with Crippen molar-refractivity contribution in [3.63, 3.8) is 0 Å². The number of methoxy groups -OCH3 is 1. The number of ether oxygens (including phenoxy) is 3. The van der Waals surface area contributed by atoms with Crippen LogP contribution < -0.4 is 15.1 Å². The van der Waals surface area contributed by atoms with Crippen LogP contribution in [0.15, 0.2) is 69.9 Å². The number of benzene rings is 3. The van der Waals surface area contributed by atoms with E-state index in [0.717, 1.165) is 5.39 Å². The summed E-state index contributed by atoms with van der Waals surface area (Å²) in [4.78, 5) is 37.6. The largest absolute Gasteiger partial charge is 0.494 e. The molecule has 0 aliphatic rings. The number of rotatable bonds is 5. The van der Waals surface area contributed by atoms with Crippen LogP contribution in [0.4, 0.5) is 0 Å². The first-order chi connectivity index (χ1) is 15.0. The highest BCUT2D eigenvalue weighted by atomic mass is 16.5. The lowest BCUT2D eigenvalue weighted by Crippen LogP contribution is -2.20. The number of carbonyl (C=O) groups is 2. The van der Waals surface area contributed by atoms with Gasteiger partial charge in [0.2, 0.25) is 0 Å². The third-order valence-electron chi connectivity index (χ3n) is 4.72. The van der Waals surface area contributed by atoms with Crippen LogP contribution in [-0.4, -0.2) is 25.7 Å². The van der Waals surface area contributed by atoms with Gasteiger partial charge in [-0.15, -0.1) is 0 Å². The molecule has 1 heterocycles. The fourth-order valence-corrected chi connectivity index (χ4v) is 3.26. The van der Waals surface area contributed by atoms with E-state index in [1.807, 2.05) is 19.1 Å². The fraction of sp³-hybridized carbons (Fsp3) is 0.125. The van der Waals surface area contributed by atoms with E-state index in [9.17, 15) is 14.4 Å². The summed E-state index contributed by atoms with van der Waals surface area (Å²) in [5.74, 6) is -1.04. The summed E-state index contributed by atoms with van der Waals surface area (Å²) in [7, 11) is 1.23. The lowest BCUT2D eigenvalue weighted by Gasteiger charge is -2.12. The first kappa shape index (κ1) is 20.2. The third-order valence-corrected chi connectivity index (χ3v) is 4.72. The van der Waals surface area contributed by atoms with Crippen molar-refractivity contribution in [1.29, 1.82) is 0 Å². The van der Waals surface area contributed by atoms with Crippen molar-refractivity contribution >= 4 is 33.7 Å². The lowest BCUT2D eigenvalue weighted by atomic mass is 10.1. The number of esters is 2. The van der Waals surface area contributed by atoms with Gasteiger partial charge in [0.05, 0.1) is 13.7 Å². The van der Waals surface area contributed by atoms with Crippen molar-refractivity contribution in [2.75, 3.05) is 13.7 Å². The molecule has 0 spiro atoms. The van der Waals surface area contributed by atoms with E-state index >= 15 is 0 Å². The molecule has 0 aliphatic carbocycles. The zero-order chi connectivity index (χ0) is 22.0. The van der Waals surface area contributed by atoms with E-state index in [1.165, 1.54) is 19.2 Å². The molecule has 7 nitrogen and oxygen atoms in total. The molecule has 31 heavy (non-hydrogen) atoms. The molecular weight excluding hydrogens is 400 g/mol. The number of hydrogen-bond donors (Lipinski definition) is 0. The van der Waals surface area contributed by atoms with Gasteiger partial charge in [-0.25, -0.2) is 14.4 Å². The molecule has 0 aliphatic heterocycles. The van der Waals surface area contributed by atoms with Gasteiger partial charge < -0.3 is 18.6 Å². The minimum atomic E-state index is -0.939. The predicted octanol–water partition coefficient (Wildman–Crippen LogP) is 4.35. The maximum atomic E-state index is 12.9. The second kappa shape index (κ2) is 8.31. The van der Waals surface area contributed by atoms with Gasteiger partial charge in [0.1, 0.15) is 22.5 Å². The van der Waals surface area contributed by atoms with E-state index in [0.29, 0.717) is 23.1 Å². The first-order valence-electron chi connectivity index (χ1n) is 9.54. The van der Waals surface area contributed by atoms with Crippen LogP contribution in [0.3, 0.4) is 0 Å². The van der Waals surface area contributed by atoms with Crippen molar-refractivity contribution in [2.45, 2.75) is 6.92 Å².